The van der Waals surface area contributed by atoms with E-state index in [1.54, 1.807) is 0 Å². The van der Waals surface area contributed by atoms with Gasteiger partial charge in [0.2, 0.25) is 0 Å². The van der Waals surface area contributed by atoms with Crippen molar-refractivity contribution in [3.05, 3.63) is 174 Å². The summed E-state index contributed by atoms with van der Waals surface area (Å²) in [7, 11) is 0. The minimum atomic E-state index is -0.0906. The Kier molecular flexibility index (Phi) is 7.66. The van der Waals surface area contributed by atoms with Crippen molar-refractivity contribution in [2.24, 2.45) is 10.9 Å². The van der Waals surface area contributed by atoms with Crippen LogP contribution in [0.15, 0.2) is 163 Å². The van der Waals surface area contributed by atoms with Crippen LogP contribution in [0.5, 0.6) is 0 Å². The van der Waals surface area contributed by atoms with Crippen molar-refractivity contribution in [2.45, 2.75) is 39.0 Å². The molecule has 7 aromatic rings. The van der Waals surface area contributed by atoms with Gasteiger partial charge in [-0.1, -0.05) is 118 Å². The Hall–Kier alpha value is -6.19. The van der Waals surface area contributed by atoms with Crippen LogP contribution in [-0.2, 0) is 5.41 Å². The van der Waals surface area contributed by atoms with Gasteiger partial charge in [0.25, 0.3) is 0 Å². The lowest BCUT2D eigenvalue weighted by molar-refractivity contribution is 0.660. The van der Waals surface area contributed by atoms with E-state index in [-0.39, 0.29) is 5.41 Å². The summed E-state index contributed by atoms with van der Waals surface area (Å²) in [4.78, 5) is 7.00. The molecule has 0 radical (unpaired) electrons. The molecule has 0 amide bonds. The molecule has 0 spiro atoms. The second kappa shape index (κ2) is 12.7. The number of para-hydroxylation sites is 1. The highest BCUT2D eigenvalue weighted by atomic mass is 15.1. The fourth-order valence-electron chi connectivity index (χ4n) is 8.92. The Bertz CT molecular complexity index is 2730. The molecule has 10 rings (SSSR count). The third-order valence-electron chi connectivity index (χ3n) is 11.8. The van der Waals surface area contributed by atoms with Gasteiger partial charge in [-0.2, -0.15) is 0 Å². The Labute approximate surface area is 317 Å². The van der Waals surface area contributed by atoms with Crippen LogP contribution in [0.3, 0.4) is 0 Å². The van der Waals surface area contributed by atoms with Gasteiger partial charge in [-0.3, -0.25) is 4.99 Å². The molecule has 3 nitrogen and oxygen atoms in total. The maximum atomic E-state index is 4.59. The van der Waals surface area contributed by atoms with Crippen LogP contribution in [0.4, 0.5) is 17.1 Å². The number of hydrogen-bond acceptors (Lipinski definition) is 2. The molecular weight excluding hydrogens is 655 g/mol. The molecule has 0 N–H and O–H groups in total. The number of aromatic nitrogens is 1. The smallest absolute Gasteiger partial charge is 0.0541 e. The average molecular weight is 698 g/mol. The van der Waals surface area contributed by atoms with E-state index in [1.807, 2.05) is 6.21 Å². The molecule has 2 aliphatic carbocycles. The third-order valence-corrected chi connectivity index (χ3v) is 11.8. The Morgan fingerprint density at radius 1 is 0.630 bits per heavy atom. The fourth-order valence-corrected chi connectivity index (χ4v) is 8.92. The van der Waals surface area contributed by atoms with E-state index in [9.17, 15) is 0 Å². The van der Waals surface area contributed by atoms with Crippen molar-refractivity contribution < 1.29 is 0 Å². The predicted molar refractivity (Wildman–Crippen MR) is 230 cm³/mol. The molecule has 1 atom stereocenters. The molecule has 3 heteroatoms. The van der Waals surface area contributed by atoms with E-state index in [4.69, 9.17) is 0 Å². The van der Waals surface area contributed by atoms with Gasteiger partial charge in [0, 0.05) is 51.7 Å². The zero-order valence-electron chi connectivity index (χ0n) is 31.1. The zero-order valence-corrected chi connectivity index (χ0v) is 31.1. The third kappa shape index (κ3) is 5.29. The van der Waals surface area contributed by atoms with E-state index in [0.717, 1.165) is 36.4 Å². The molecule has 1 aliphatic heterocycles. The van der Waals surface area contributed by atoms with Crippen LogP contribution >= 0.6 is 0 Å². The van der Waals surface area contributed by atoms with E-state index >= 15 is 0 Å². The monoisotopic (exact) mass is 697 g/mol. The molecule has 262 valence electrons. The second-order valence-corrected chi connectivity index (χ2v) is 15.6. The number of nitrogens with zero attached hydrogens (tertiary/aromatic N) is 3. The zero-order chi connectivity index (χ0) is 36.4. The first kappa shape index (κ1) is 32.5. The van der Waals surface area contributed by atoms with E-state index < -0.39 is 0 Å². The highest BCUT2D eigenvalue weighted by Crippen LogP contribution is 2.50. The lowest BCUT2D eigenvalue weighted by Gasteiger charge is -2.28. The number of anilines is 3. The average Bonchev–Trinajstić information content (AvgIpc) is 3.67. The fraction of sp³-hybridized carbons (Fsp3) is 0.157. The molecule has 3 aliphatic rings. The van der Waals surface area contributed by atoms with E-state index in [0.29, 0.717) is 5.92 Å². The number of hydrogen-bond donors (Lipinski definition) is 0. The van der Waals surface area contributed by atoms with Crippen LogP contribution in [0.25, 0.3) is 55.3 Å². The summed E-state index contributed by atoms with van der Waals surface area (Å²) < 4.78 is 2.43. The van der Waals surface area contributed by atoms with Crippen molar-refractivity contribution in [1.29, 1.82) is 0 Å². The van der Waals surface area contributed by atoms with Crippen LogP contribution < -0.4 is 4.90 Å². The topological polar surface area (TPSA) is 20.5 Å². The number of fused-ring (bicyclic) bond motifs is 6. The quantitative estimate of drug-likeness (QED) is 0.169. The van der Waals surface area contributed by atoms with Gasteiger partial charge >= 0.3 is 0 Å². The second-order valence-electron chi connectivity index (χ2n) is 15.6. The number of allylic oxidation sites excluding steroid dienone is 5. The molecule has 1 unspecified atom stereocenters. The van der Waals surface area contributed by atoms with Gasteiger partial charge in [0.15, 0.2) is 0 Å². The molecular formula is C51H43N3. The first-order valence-corrected chi connectivity index (χ1v) is 19.3. The van der Waals surface area contributed by atoms with Gasteiger partial charge in [-0.25, -0.2) is 0 Å². The molecule has 6 aromatic carbocycles. The number of aliphatic imine (C=N–C) groups is 1. The van der Waals surface area contributed by atoms with Crippen molar-refractivity contribution in [3.8, 4) is 22.3 Å². The van der Waals surface area contributed by atoms with Crippen LogP contribution in [0.1, 0.15) is 50.3 Å². The maximum absolute atomic E-state index is 4.59. The molecule has 1 aromatic heterocycles. The van der Waals surface area contributed by atoms with Gasteiger partial charge in [-0.05, 0) is 124 Å². The Morgan fingerprint density at radius 2 is 1.39 bits per heavy atom. The Balaban J connectivity index is 1.07. The molecule has 0 bridgehead atoms. The van der Waals surface area contributed by atoms with Crippen LogP contribution in [0.2, 0.25) is 0 Å². The van der Waals surface area contributed by atoms with Crippen molar-refractivity contribution in [2.75, 3.05) is 11.4 Å². The molecule has 0 saturated heterocycles. The predicted octanol–water partition coefficient (Wildman–Crippen LogP) is 13.5. The summed E-state index contributed by atoms with van der Waals surface area (Å²) in [6.45, 7) is 7.85. The highest BCUT2D eigenvalue weighted by molar-refractivity contribution is 6.12. The van der Waals surface area contributed by atoms with Crippen molar-refractivity contribution in [1.82, 2.24) is 4.57 Å². The molecule has 2 heterocycles. The van der Waals surface area contributed by atoms with Gasteiger partial charge in [-0.15, -0.1) is 0 Å². The van der Waals surface area contributed by atoms with E-state index in [2.05, 4.69) is 193 Å². The van der Waals surface area contributed by atoms with Gasteiger partial charge in [0.1, 0.15) is 0 Å². The minimum Gasteiger partial charge on any atom is -0.310 e. The summed E-state index contributed by atoms with van der Waals surface area (Å²) in [5.41, 5.74) is 17.3. The molecule has 0 fully saturated rings. The standard InChI is InChI=1S/C51H43N3/c1-34-17-22-40(23-18-34)54-49-16-7-5-14-45(49)46-31-37(21-28-50(46)54)35-19-24-39(25-20-35)53(41-12-8-10-36(30-41)38-11-9-29-52-33-38)42-26-27-44-43-13-4-6-15-47(43)51(2,3)48(44)32-42/h4-8,10-17,19-28,30-34H,9,18,29H2,1-3H3. The maximum Gasteiger partial charge on any atom is 0.0541 e. The normalized spacial score (nSPS) is 17.0. The lowest BCUT2D eigenvalue weighted by atomic mass is 9.82. The highest BCUT2D eigenvalue weighted by Gasteiger charge is 2.35. The molecule has 54 heavy (non-hydrogen) atoms. The number of benzene rings is 6. The summed E-state index contributed by atoms with van der Waals surface area (Å²) in [5, 5.41) is 2.56. The molecule has 0 saturated carbocycles. The lowest BCUT2D eigenvalue weighted by Crippen LogP contribution is -2.16. The van der Waals surface area contributed by atoms with Crippen LogP contribution in [0, 0.1) is 5.92 Å². The largest absolute Gasteiger partial charge is 0.310 e. The summed E-state index contributed by atoms with van der Waals surface area (Å²) >= 11 is 0. The first-order chi connectivity index (χ1) is 26.4. The van der Waals surface area contributed by atoms with Crippen molar-refractivity contribution in [3.63, 3.8) is 0 Å². The van der Waals surface area contributed by atoms with Crippen LogP contribution in [-0.4, -0.2) is 17.3 Å². The van der Waals surface area contributed by atoms with Gasteiger partial charge < -0.3 is 9.47 Å². The number of rotatable bonds is 6. The number of dihydropyridines is 1. The van der Waals surface area contributed by atoms with E-state index in [1.165, 1.54) is 72.0 Å². The van der Waals surface area contributed by atoms with Gasteiger partial charge in [0.05, 0.1) is 11.0 Å². The first-order valence-electron chi connectivity index (χ1n) is 19.3. The summed E-state index contributed by atoms with van der Waals surface area (Å²) in [6.07, 6.45) is 13.4. The SMILES string of the molecule is CC1C=CC(n2c3ccccc3c3cc(-c4ccc(N(c5cccc(C6=CCCN=C6)c5)c5ccc6c(c5)C(C)(C)c5ccccc5-6)cc4)ccc32)=CC1. The minimum absolute atomic E-state index is 0.0906. The Morgan fingerprint density at radius 3 is 2.22 bits per heavy atom. The van der Waals surface area contributed by atoms with Crippen molar-refractivity contribution >= 4 is 56.4 Å². The summed E-state index contributed by atoms with van der Waals surface area (Å²) in [5.74, 6) is 0.576. The summed E-state index contributed by atoms with van der Waals surface area (Å²) in [6, 6.07) is 49.7.